The van der Waals surface area contributed by atoms with E-state index in [0.29, 0.717) is 29.3 Å². The number of nitrogens with zero attached hydrogens (tertiary/aromatic N) is 3. The Balaban J connectivity index is 0.00000363. The van der Waals surface area contributed by atoms with Crippen molar-refractivity contribution in [3.05, 3.63) is 35.9 Å². The highest BCUT2D eigenvalue weighted by Crippen LogP contribution is 2.23. The van der Waals surface area contributed by atoms with Gasteiger partial charge in [0, 0.05) is 33.0 Å². The molecular weight excluding hydrogens is 436 g/mol. The third-order valence-electron chi connectivity index (χ3n) is 5.04. The lowest BCUT2D eigenvalue weighted by atomic mass is 10.3. The number of carbonyl (C=O) groups excluding carboxylic acids is 3. The van der Waals surface area contributed by atoms with Crippen LogP contribution in [0.25, 0.3) is 0 Å². The lowest BCUT2D eigenvalue weighted by Crippen LogP contribution is -2.28. The van der Waals surface area contributed by atoms with Crippen molar-refractivity contribution in [3.63, 3.8) is 0 Å². The third-order valence-corrected chi connectivity index (χ3v) is 5.04. The summed E-state index contributed by atoms with van der Waals surface area (Å²) < 4.78 is 8.45. The number of halogens is 1. The second kappa shape index (κ2) is 10.7. The van der Waals surface area contributed by atoms with E-state index in [4.69, 9.17) is 4.74 Å². The van der Waals surface area contributed by atoms with Crippen molar-refractivity contribution in [3.8, 4) is 0 Å². The molecule has 3 rings (SSSR count). The molecule has 32 heavy (non-hydrogen) atoms. The lowest BCUT2D eigenvalue weighted by Gasteiger charge is -2.10. The second-order valence-electron chi connectivity index (χ2n) is 8.07. The van der Waals surface area contributed by atoms with E-state index in [0.717, 1.165) is 13.0 Å². The van der Waals surface area contributed by atoms with E-state index in [-0.39, 0.29) is 36.2 Å². The molecule has 0 saturated carbocycles. The number of aryl methyl sites for hydroxylation is 2. The van der Waals surface area contributed by atoms with Crippen LogP contribution in [0, 0.1) is 0 Å². The summed E-state index contributed by atoms with van der Waals surface area (Å²) in [5, 5.41) is 8.44. The molecule has 0 bridgehead atoms. The standard InChI is InChI=1S/C21H30N6O4.ClH/c1-13-18(31-13)21(30)24-15-10-17(27(5)12-15)20(29)23-14-9-16(26(4)11-14)19(28)22-7-6-8-25(2)3;/h9-13,18H,6-8H2,1-5H3,(H,22,28)(H,23,29)(H,24,30);1H. The van der Waals surface area contributed by atoms with E-state index in [2.05, 4.69) is 20.9 Å². The van der Waals surface area contributed by atoms with Crippen LogP contribution in [0.4, 0.5) is 11.4 Å². The average Bonchev–Trinajstić information content (AvgIpc) is 3.14. The van der Waals surface area contributed by atoms with Gasteiger partial charge >= 0.3 is 0 Å². The van der Waals surface area contributed by atoms with Gasteiger partial charge in [-0.05, 0) is 46.1 Å². The summed E-state index contributed by atoms with van der Waals surface area (Å²) in [7, 11) is 7.44. The van der Waals surface area contributed by atoms with Crippen molar-refractivity contribution in [1.29, 1.82) is 0 Å². The number of anilines is 2. The normalized spacial score (nSPS) is 16.9. The van der Waals surface area contributed by atoms with Gasteiger partial charge in [-0.2, -0.15) is 0 Å². The molecule has 1 aliphatic rings. The third kappa shape index (κ3) is 6.35. The summed E-state index contributed by atoms with van der Waals surface area (Å²) >= 11 is 0. The minimum Gasteiger partial charge on any atom is -0.359 e. The number of rotatable bonds is 9. The van der Waals surface area contributed by atoms with Crippen LogP contribution in [0.3, 0.4) is 0 Å². The van der Waals surface area contributed by atoms with Crippen LogP contribution in [0.5, 0.6) is 0 Å². The maximum absolute atomic E-state index is 12.7. The molecule has 1 aliphatic heterocycles. The van der Waals surface area contributed by atoms with Crippen LogP contribution < -0.4 is 16.0 Å². The summed E-state index contributed by atoms with van der Waals surface area (Å²) in [6.07, 6.45) is 3.69. The van der Waals surface area contributed by atoms with E-state index in [9.17, 15) is 14.4 Å². The predicted octanol–water partition coefficient (Wildman–Crippen LogP) is 1.45. The molecule has 2 aromatic heterocycles. The zero-order valence-corrected chi connectivity index (χ0v) is 19.8. The summed E-state index contributed by atoms with van der Waals surface area (Å²) in [6.45, 7) is 3.29. The van der Waals surface area contributed by atoms with Gasteiger partial charge in [-0.15, -0.1) is 12.4 Å². The lowest BCUT2D eigenvalue weighted by molar-refractivity contribution is -0.117. The minimum absolute atomic E-state index is 0. The Bertz CT molecular complexity index is 983. The quantitative estimate of drug-likeness (QED) is 0.382. The maximum Gasteiger partial charge on any atom is 0.272 e. The summed E-state index contributed by atoms with van der Waals surface area (Å²) in [5.74, 6) is -0.765. The van der Waals surface area contributed by atoms with Crippen molar-refractivity contribution in [2.45, 2.75) is 25.6 Å². The first-order valence-electron chi connectivity index (χ1n) is 10.2. The van der Waals surface area contributed by atoms with Gasteiger partial charge in [0.05, 0.1) is 17.5 Å². The zero-order chi connectivity index (χ0) is 22.7. The van der Waals surface area contributed by atoms with Gasteiger partial charge in [0.1, 0.15) is 11.4 Å². The molecule has 0 aliphatic carbocycles. The molecule has 176 valence electrons. The molecule has 0 spiro atoms. The Morgan fingerprint density at radius 1 is 1.00 bits per heavy atom. The fourth-order valence-corrected chi connectivity index (χ4v) is 3.27. The first-order chi connectivity index (χ1) is 14.7. The molecule has 0 aromatic carbocycles. The summed E-state index contributed by atoms with van der Waals surface area (Å²) in [5.41, 5.74) is 1.86. The van der Waals surface area contributed by atoms with Gasteiger partial charge in [0.2, 0.25) is 0 Å². The molecule has 2 atom stereocenters. The van der Waals surface area contributed by atoms with Gasteiger partial charge in [-0.25, -0.2) is 0 Å². The first-order valence-corrected chi connectivity index (χ1v) is 10.2. The van der Waals surface area contributed by atoms with Gasteiger partial charge in [0.25, 0.3) is 17.7 Å². The van der Waals surface area contributed by atoms with E-state index in [1.807, 2.05) is 21.0 Å². The van der Waals surface area contributed by atoms with Crippen LogP contribution in [0.2, 0.25) is 0 Å². The Morgan fingerprint density at radius 3 is 2.06 bits per heavy atom. The summed E-state index contributed by atoms with van der Waals surface area (Å²) in [4.78, 5) is 39.2. The SMILES string of the molecule is CC1OC1C(=O)Nc1cc(C(=O)Nc2cc(C(=O)NCCCN(C)C)n(C)c2)n(C)c1.Cl. The number of carbonyl (C=O) groups is 3. The molecule has 2 unspecified atom stereocenters. The number of ether oxygens (including phenoxy) is 1. The number of nitrogens with one attached hydrogen (secondary N) is 3. The number of aromatic nitrogens is 2. The smallest absolute Gasteiger partial charge is 0.272 e. The van der Waals surface area contributed by atoms with Crippen molar-refractivity contribution in [2.24, 2.45) is 14.1 Å². The minimum atomic E-state index is -0.436. The second-order valence-corrected chi connectivity index (χ2v) is 8.07. The first kappa shape index (κ1) is 25.4. The number of hydrogen-bond acceptors (Lipinski definition) is 5. The van der Waals surface area contributed by atoms with Crippen LogP contribution in [-0.4, -0.2) is 71.1 Å². The van der Waals surface area contributed by atoms with E-state index in [1.54, 1.807) is 47.8 Å². The fraction of sp³-hybridized carbons (Fsp3) is 0.476. The molecular formula is C21H31ClN6O4. The molecule has 0 radical (unpaired) electrons. The van der Waals surface area contributed by atoms with Crippen molar-refractivity contribution in [2.75, 3.05) is 37.8 Å². The summed E-state index contributed by atoms with van der Waals surface area (Å²) in [6, 6.07) is 3.23. The molecule has 11 heteroatoms. The Kier molecular flexibility index (Phi) is 8.48. The van der Waals surface area contributed by atoms with E-state index in [1.165, 1.54) is 0 Å². The van der Waals surface area contributed by atoms with Crippen molar-refractivity contribution >= 4 is 41.5 Å². The highest BCUT2D eigenvalue weighted by Gasteiger charge is 2.41. The average molecular weight is 467 g/mol. The van der Waals surface area contributed by atoms with Crippen LogP contribution in [0.15, 0.2) is 24.5 Å². The number of epoxide rings is 1. The van der Waals surface area contributed by atoms with Crippen LogP contribution in [-0.2, 0) is 23.6 Å². The highest BCUT2D eigenvalue weighted by atomic mass is 35.5. The number of hydrogen-bond donors (Lipinski definition) is 3. The molecule has 3 heterocycles. The molecule has 10 nitrogen and oxygen atoms in total. The predicted molar refractivity (Wildman–Crippen MR) is 124 cm³/mol. The monoisotopic (exact) mass is 466 g/mol. The largest absolute Gasteiger partial charge is 0.359 e. The Morgan fingerprint density at radius 2 is 1.53 bits per heavy atom. The Labute approximate surface area is 193 Å². The van der Waals surface area contributed by atoms with Crippen molar-refractivity contribution < 1.29 is 19.1 Å². The molecule has 1 fully saturated rings. The van der Waals surface area contributed by atoms with Gasteiger partial charge in [-0.1, -0.05) is 0 Å². The molecule has 1 saturated heterocycles. The highest BCUT2D eigenvalue weighted by molar-refractivity contribution is 6.05. The molecule has 2 aromatic rings. The fourth-order valence-electron chi connectivity index (χ4n) is 3.27. The van der Waals surface area contributed by atoms with E-state index >= 15 is 0 Å². The van der Waals surface area contributed by atoms with Crippen molar-refractivity contribution in [1.82, 2.24) is 19.4 Å². The molecule has 3 amide bonds. The maximum atomic E-state index is 12.7. The van der Waals surface area contributed by atoms with Gasteiger partial charge in [-0.3, -0.25) is 14.4 Å². The van der Waals surface area contributed by atoms with Gasteiger partial charge in [0.15, 0.2) is 6.10 Å². The van der Waals surface area contributed by atoms with Gasteiger partial charge < -0.3 is 34.7 Å². The van der Waals surface area contributed by atoms with Crippen LogP contribution in [0.1, 0.15) is 34.3 Å². The topological polar surface area (TPSA) is 113 Å². The van der Waals surface area contributed by atoms with Crippen LogP contribution >= 0.6 is 12.4 Å². The van der Waals surface area contributed by atoms with E-state index < -0.39 is 6.10 Å². The number of amides is 3. The Hall–Kier alpha value is -2.82. The zero-order valence-electron chi connectivity index (χ0n) is 19.0. The molecule has 3 N–H and O–H groups in total.